The van der Waals surface area contributed by atoms with Gasteiger partial charge in [0.1, 0.15) is 18.8 Å². The number of carbonyl (C=O) groups is 4. The number of esters is 1. The Morgan fingerprint density at radius 2 is 1.30 bits per heavy atom. The third-order valence-electron chi connectivity index (χ3n) is 6.28. The summed E-state index contributed by atoms with van der Waals surface area (Å²) in [6.45, 7) is 4.49. The van der Waals surface area contributed by atoms with E-state index in [1.165, 1.54) is 0 Å². The second-order valence-corrected chi connectivity index (χ2v) is 11.1. The van der Waals surface area contributed by atoms with Crippen LogP contribution in [0.4, 0.5) is 15.3 Å². The van der Waals surface area contributed by atoms with Gasteiger partial charge in [-0.25, -0.2) is 24.6 Å². The molecular formula is C32H38N4O8. The maximum atomic E-state index is 13.9. The van der Waals surface area contributed by atoms with E-state index in [1.807, 2.05) is 19.0 Å². The molecule has 2 atom stereocenters. The monoisotopic (exact) mass is 606 g/mol. The van der Waals surface area contributed by atoms with Crippen LogP contribution in [0.5, 0.6) is 0 Å². The molecule has 0 saturated heterocycles. The molecule has 2 amide bonds. The van der Waals surface area contributed by atoms with Crippen LogP contribution in [0.1, 0.15) is 43.5 Å². The summed E-state index contributed by atoms with van der Waals surface area (Å²) in [7, 11) is 3.64. The molecule has 0 fully saturated rings. The van der Waals surface area contributed by atoms with Gasteiger partial charge in [0.15, 0.2) is 0 Å². The number of nitrogens with zero attached hydrogens (tertiary/aromatic N) is 1. The highest BCUT2D eigenvalue weighted by molar-refractivity contribution is 6.06. The summed E-state index contributed by atoms with van der Waals surface area (Å²) in [5.41, 5.74) is 2.99. The lowest BCUT2D eigenvalue weighted by molar-refractivity contribution is -0.167. The molecule has 0 bridgehead atoms. The first-order valence-electron chi connectivity index (χ1n) is 13.8. The Bertz CT molecular complexity index is 1410. The lowest BCUT2D eigenvalue weighted by Crippen LogP contribution is -2.70. The van der Waals surface area contributed by atoms with Crippen LogP contribution in [0.3, 0.4) is 0 Å². The molecule has 3 aromatic rings. The molecule has 12 nitrogen and oxygen atoms in total. The molecule has 12 heteroatoms. The highest BCUT2D eigenvalue weighted by Crippen LogP contribution is 2.30. The topological polar surface area (TPSA) is 156 Å². The molecule has 3 aromatic carbocycles. The SMILES string of the molecule is CN(C)c1ccc(C(NC(=O)OC(C)(C)C)[C@@](NNC(=O)OCc2ccccc2)(C(=O)O)C(=O)OCc2ccccc2)cc1. The number of hydrogen-bond acceptors (Lipinski definition) is 9. The number of nitrogens with one attached hydrogen (secondary N) is 3. The third-order valence-corrected chi connectivity index (χ3v) is 6.28. The zero-order valence-electron chi connectivity index (χ0n) is 25.3. The summed E-state index contributed by atoms with van der Waals surface area (Å²) in [4.78, 5) is 54.6. The van der Waals surface area contributed by atoms with Gasteiger partial charge in [0, 0.05) is 19.8 Å². The molecule has 0 heterocycles. The predicted molar refractivity (Wildman–Crippen MR) is 162 cm³/mol. The number of hydrogen-bond donors (Lipinski definition) is 4. The first-order valence-corrected chi connectivity index (χ1v) is 13.8. The zero-order valence-corrected chi connectivity index (χ0v) is 25.3. The lowest BCUT2D eigenvalue weighted by Gasteiger charge is -2.36. The first-order chi connectivity index (χ1) is 20.8. The van der Waals surface area contributed by atoms with Crippen molar-refractivity contribution in [2.45, 2.75) is 51.2 Å². The van der Waals surface area contributed by atoms with Gasteiger partial charge in [-0.15, -0.1) is 0 Å². The lowest BCUT2D eigenvalue weighted by atomic mass is 9.85. The minimum atomic E-state index is -2.79. The van der Waals surface area contributed by atoms with E-state index in [0.29, 0.717) is 11.1 Å². The van der Waals surface area contributed by atoms with Crippen molar-refractivity contribution in [3.05, 3.63) is 102 Å². The number of alkyl carbamates (subject to hydrolysis) is 1. The summed E-state index contributed by atoms with van der Waals surface area (Å²) in [5, 5.41) is 13.2. The van der Waals surface area contributed by atoms with Crippen LogP contribution in [0, 0.1) is 0 Å². The van der Waals surface area contributed by atoms with Crippen molar-refractivity contribution >= 4 is 29.8 Å². The first kappa shape index (κ1) is 33.4. The largest absolute Gasteiger partial charge is 0.479 e. The average molecular weight is 607 g/mol. The maximum absolute atomic E-state index is 13.9. The molecule has 0 saturated carbocycles. The van der Waals surface area contributed by atoms with Crippen LogP contribution in [0.15, 0.2) is 84.9 Å². The van der Waals surface area contributed by atoms with Crippen LogP contribution < -0.4 is 21.1 Å². The minimum absolute atomic E-state index is 0.127. The second-order valence-electron chi connectivity index (χ2n) is 11.1. The van der Waals surface area contributed by atoms with Crippen LogP contribution in [-0.4, -0.2) is 54.5 Å². The summed E-state index contributed by atoms with van der Waals surface area (Å²) in [6, 6.07) is 22.3. The van der Waals surface area contributed by atoms with Crippen molar-refractivity contribution in [1.82, 2.24) is 16.2 Å². The van der Waals surface area contributed by atoms with Crippen LogP contribution >= 0.6 is 0 Å². The molecule has 0 aromatic heterocycles. The molecule has 3 rings (SSSR count). The normalized spacial score (nSPS) is 13.0. The quantitative estimate of drug-likeness (QED) is 0.101. The number of carboxylic acids is 1. The van der Waals surface area contributed by atoms with Crippen LogP contribution in [0.25, 0.3) is 0 Å². The smallest absolute Gasteiger partial charge is 0.421 e. The fourth-order valence-corrected chi connectivity index (χ4v) is 4.08. The van der Waals surface area contributed by atoms with E-state index in [1.54, 1.807) is 106 Å². The van der Waals surface area contributed by atoms with Gasteiger partial charge in [-0.05, 0) is 49.6 Å². The van der Waals surface area contributed by atoms with Crippen molar-refractivity contribution in [3.8, 4) is 0 Å². The van der Waals surface area contributed by atoms with Gasteiger partial charge < -0.3 is 29.5 Å². The average Bonchev–Trinajstić information content (AvgIpc) is 2.98. The van der Waals surface area contributed by atoms with Crippen molar-refractivity contribution in [2.75, 3.05) is 19.0 Å². The highest BCUT2D eigenvalue weighted by atomic mass is 16.6. The van der Waals surface area contributed by atoms with Gasteiger partial charge in [-0.3, -0.25) is 5.43 Å². The third kappa shape index (κ3) is 9.20. The van der Waals surface area contributed by atoms with E-state index in [9.17, 15) is 24.3 Å². The van der Waals surface area contributed by atoms with Crippen molar-refractivity contribution < 1.29 is 38.5 Å². The number of aliphatic carboxylic acids is 1. The molecule has 0 aliphatic carbocycles. The summed E-state index contributed by atoms with van der Waals surface area (Å²) in [6.07, 6.45) is -2.08. The van der Waals surface area contributed by atoms with Gasteiger partial charge in [-0.1, -0.05) is 72.8 Å². The van der Waals surface area contributed by atoms with Gasteiger partial charge in [0.2, 0.25) is 0 Å². The molecule has 44 heavy (non-hydrogen) atoms. The summed E-state index contributed by atoms with van der Waals surface area (Å²) < 4.78 is 16.1. The van der Waals surface area contributed by atoms with E-state index in [4.69, 9.17) is 14.2 Å². The molecule has 0 aliphatic rings. The number of carboxylic acid groups (broad SMARTS) is 1. The molecular weight excluding hydrogens is 568 g/mol. The van der Waals surface area contributed by atoms with Crippen LogP contribution in [-0.2, 0) is 37.0 Å². The number of amides is 2. The number of rotatable bonds is 12. The molecule has 1 unspecified atom stereocenters. The van der Waals surface area contributed by atoms with Crippen LogP contribution in [0.2, 0.25) is 0 Å². The zero-order chi connectivity index (χ0) is 32.3. The van der Waals surface area contributed by atoms with Gasteiger partial charge in [0.25, 0.3) is 5.54 Å². The summed E-state index contributed by atoms with van der Waals surface area (Å²) in [5.74, 6) is -3.05. The number of benzene rings is 3. The van der Waals surface area contributed by atoms with E-state index in [2.05, 4.69) is 16.2 Å². The van der Waals surface area contributed by atoms with E-state index < -0.39 is 41.3 Å². The fraction of sp³-hybridized carbons (Fsp3) is 0.312. The van der Waals surface area contributed by atoms with E-state index in [-0.39, 0.29) is 18.8 Å². The Balaban J connectivity index is 2.03. The van der Waals surface area contributed by atoms with E-state index >= 15 is 0 Å². The molecule has 0 aliphatic heterocycles. The molecule has 4 N–H and O–H groups in total. The van der Waals surface area contributed by atoms with Gasteiger partial charge >= 0.3 is 24.1 Å². The number of ether oxygens (including phenoxy) is 3. The van der Waals surface area contributed by atoms with Crippen molar-refractivity contribution in [1.29, 1.82) is 0 Å². The summed E-state index contributed by atoms with van der Waals surface area (Å²) >= 11 is 0. The van der Waals surface area contributed by atoms with Gasteiger partial charge in [-0.2, -0.15) is 0 Å². The second kappa shape index (κ2) is 14.9. The molecule has 0 spiro atoms. The minimum Gasteiger partial charge on any atom is -0.479 e. The molecule has 0 radical (unpaired) electrons. The Hall–Kier alpha value is -5.10. The highest BCUT2D eigenvalue weighted by Gasteiger charge is 2.57. The standard InChI is InChI=1S/C32H38N4O8/c1-31(2,3)44-29(40)33-26(24-16-18-25(19-17-24)36(4)5)32(27(37)38,28(39)42-20-22-12-8-6-9-13-22)35-34-30(41)43-21-23-14-10-7-11-15-23/h6-19,26,35H,20-21H2,1-5H3,(H,33,40)(H,34,41)(H,37,38)/t26?,32-/m1/s1. The van der Waals surface area contributed by atoms with Gasteiger partial charge in [0.05, 0.1) is 6.04 Å². The number of hydrazine groups is 1. The number of carbonyl (C=O) groups excluding carboxylic acids is 3. The molecule has 234 valence electrons. The van der Waals surface area contributed by atoms with E-state index in [0.717, 1.165) is 5.69 Å². The van der Waals surface area contributed by atoms with Crippen molar-refractivity contribution in [3.63, 3.8) is 0 Å². The predicted octanol–water partition coefficient (Wildman–Crippen LogP) is 4.32. The number of anilines is 1. The Labute approximate surface area is 256 Å². The van der Waals surface area contributed by atoms with Crippen molar-refractivity contribution in [2.24, 2.45) is 0 Å². The Morgan fingerprint density at radius 1 is 0.773 bits per heavy atom. The fourth-order valence-electron chi connectivity index (χ4n) is 4.08. The Kier molecular flexibility index (Phi) is 11.3. The maximum Gasteiger partial charge on any atom is 0.421 e. The Morgan fingerprint density at radius 3 is 1.77 bits per heavy atom.